The summed E-state index contributed by atoms with van der Waals surface area (Å²) in [6.07, 6.45) is -9.10. The number of hydrogen-bond donors (Lipinski definition) is 1. The van der Waals surface area contributed by atoms with E-state index in [1.54, 1.807) is 0 Å². The van der Waals surface area contributed by atoms with Crippen molar-refractivity contribution in [2.75, 3.05) is 7.05 Å². The molecule has 0 heterocycles. The van der Waals surface area contributed by atoms with Gasteiger partial charge in [-0.1, -0.05) is 12.1 Å². The van der Waals surface area contributed by atoms with E-state index in [2.05, 4.69) is 0 Å². The zero-order chi connectivity index (χ0) is 13.3. The molecule has 0 bridgehead atoms. The summed E-state index contributed by atoms with van der Waals surface area (Å²) in [7, 11) is 1.09. The molecule has 1 nitrogen and oxygen atoms in total. The first-order valence-corrected chi connectivity index (χ1v) is 4.57. The second-order valence-corrected chi connectivity index (χ2v) is 3.38. The Morgan fingerprint density at radius 2 is 1.41 bits per heavy atom. The van der Waals surface area contributed by atoms with Crippen LogP contribution < -0.4 is 5.32 Å². The Hall–Kier alpha value is -1.24. The number of halogens is 6. The van der Waals surface area contributed by atoms with Crippen molar-refractivity contribution < 1.29 is 26.3 Å². The average molecular weight is 257 g/mol. The van der Waals surface area contributed by atoms with Crippen LogP contribution in [0.15, 0.2) is 24.3 Å². The van der Waals surface area contributed by atoms with Crippen LogP contribution in [0.2, 0.25) is 0 Å². The molecule has 1 aromatic carbocycles. The van der Waals surface area contributed by atoms with E-state index in [0.717, 1.165) is 19.2 Å². The van der Waals surface area contributed by atoms with Gasteiger partial charge in [-0.3, -0.25) is 0 Å². The molecule has 1 aromatic rings. The molecular formula is C10H9F6N. The van der Waals surface area contributed by atoms with Gasteiger partial charge in [-0.05, 0) is 24.7 Å². The summed E-state index contributed by atoms with van der Waals surface area (Å²) >= 11 is 0. The van der Waals surface area contributed by atoms with Crippen LogP contribution in [-0.4, -0.2) is 13.2 Å². The zero-order valence-corrected chi connectivity index (χ0v) is 8.65. The van der Waals surface area contributed by atoms with Crippen molar-refractivity contribution in [1.29, 1.82) is 0 Å². The van der Waals surface area contributed by atoms with E-state index in [4.69, 9.17) is 0 Å². The normalized spacial score (nSPS) is 14.8. The van der Waals surface area contributed by atoms with Crippen molar-refractivity contribution in [1.82, 2.24) is 5.32 Å². The first-order valence-electron chi connectivity index (χ1n) is 4.57. The van der Waals surface area contributed by atoms with Gasteiger partial charge in [-0.15, -0.1) is 0 Å². The number of alkyl halides is 6. The molecule has 0 saturated heterocycles. The minimum absolute atomic E-state index is 0.256. The highest BCUT2D eigenvalue weighted by Gasteiger charge is 2.40. The molecule has 0 radical (unpaired) electrons. The monoisotopic (exact) mass is 257 g/mol. The molecule has 1 atom stereocenters. The zero-order valence-electron chi connectivity index (χ0n) is 8.65. The highest BCUT2D eigenvalue weighted by Crippen LogP contribution is 2.34. The van der Waals surface area contributed by atoms with Gasteiger partial charge in [0.25, 0.3) is 0 Å². The Bertz CT molecular complexity index is 364. The Morgan fingerprint density at radius 1 is 0.941 bits per heavy atom. The summed E-state index contributed by atoms with van der Waals surface area (Å²) < 4.78 is 74.0. The Labute approximate surface area is 93.4 Å². The molecule has 0 amide bonds. The van der Waals surface area contributed by atoms with Crippen molar-refractivity contribution in [3.63, 3.8) is 0 Å². The predicted molar refractivity (Wildman–Crippen MR) is 49.3 cm³/mol. The fourth-order valence-corrected chi connectivity index (χ4v) is 1.38. The van der Waals surface area contributed by atoms with E-state index >= 15 is 0 Å². The van der Waals surface area contributed by atoms with Crippen molar-refractivity contribution in [2.45, 2.75) is 18.4 Å². The molecule has 0 aliphatic carbocycles. The third-order valence-corrected chi connectivity index (χ3v) is 2.19. The number of benzene rings is 1. The lowest BCUT2D eigenvalue weighted by Crippen LogP contribution is -2.31. The molecular weight excluding hydrogens is 248 g/mol. The van der Waals surface area contributed by atoms with Gasteiger partial charge in [-0.25, -0.2) is 0 Å². The fraction of sp³-hybridized carbons (Fsp3) is 0.400. The molecule has 0 fully saturated rings. The van der Waals surface area contributed by atoms with Crippen molar-refractivity contribution in [3.05, 3.63) is 35.4 Å². The topological polar surface area (TPSA) is 12.0 Å². The van der Waals surface area contributed by atoms with Gasteiger partial charge in [0.05, 0.1) is 5.56 Å². The van der Waals surface area contributed by atoms with Crippen LogP contribution in [-0.2, 0) is 6.18 Å². The lowest BCUT2D eigenvalue weighted by atomic mass is 10.0. The number of rotatable bonds is 2. The molecule has 7 heteroatoms. The van der Waals surface area contributed by atoms with Gasteiger partial charge < -0.3 is 5.32 Å². The van der Waals surface area contributed by atoms with Crippen LogP contribution in [0.25, 0.3) is 0 Å². The maximum Gasteiger partial charge on any atom is 0.416 e. The quantitative estimate of drug-likeness (QED) is 0.799. The summed E-state index contributed by atoms with van der Waals surface area (Å²) in [6.45, 7) is 0. The molecule has 1 N–H and O–H groups in total. The lowest BCUT2D eigenvalue weighted by Gasteiger charge is -2.20. The first-order chi connectivity index (χ1) is 7.66. The van der Waals surface area contributed by atoms with Gasteiger partial charge in [0.15, 0.2) is 0 Å². The lowest BCUT2D eigenvalue weighted by molar-refractivity contribution is -0.156. The molecule has 1 rings (SSSR count). The molecule has 96 valence electrons. The Kier molecular flexibility index (Phi) is 3.71. The largest absolute Gasteiger partial charge is 0.416 e. The van der Waals surface area contributed by atoms with Gasteiger partial charge in [0, 0.05) is 0 Å². The Morgan fingerprint density at radius 3 is 1.71 bits per heavy atom. The van der Waals surface area contributed by atoms with E-state index in [0.29, 0.717) is 12.1 Å². The van der Waals surface area contributed by atoms with Crippen LogP contribution in [0.5, 0.6) is 0 Å². The van der Waals surface area contributed by atoms with E-state index in [-0.39, 0.29) is 5.56 Å². The predicted octanol–water partition coefficient (Wildman–Crippen LogP) is 3.53. The number of hydrogen-bond acceptors (Lipinski definition) is 1. The van der Waals surface area contributed by atoms with Gasteiger partial charge in [0.2, 0.25) is 0 Å². The minimum Gasteiger partial charge on any atom is -0.306 e. The molecule has 1 unspecified atom stereocenters. The maximum atomic E-state index is 12.5. The second kappa shape index (κ2) is 4.56. The molecule has 0 saturated carbocycles. The SMILES string of the molecule is CNC(c1ccc(C(F)(F)F)cc1)C(F)(F)F. The maximum absolute atomic E-state index is 12.5. The van der Waals surface area contributed by atoms with E-state index < -0.39 is 24.0 Å². The first kappa shape index (κ1) is 13.8. The third kappa shape index (κ3) is 3.36. The van der Waals surface area contributed by atoms with Gasteiger partial charge >= 0.3 is 12.4 Å². The minimum atomic E-state index is -4.55. The van der Waals surface area contributed by atoms with Crippen LogP contribution in [0, 0.1) is 0 Å². The highest BCUT2D eigenvalue weighted by atomic mass is 19.4. The van der Waals surface area contributed by atoms with Crippen LogP contribution in [0.1, 0.15) is 17.2 Å². The average Bonchev–Trinajstić information content (AvgIpc) is 2.16. The van der Waals surface area contributed by atoms with Gasteiger partial charge in [0.1, 0.15) is 6.04 Å². The molecule has 17 heavy (non-hydrogen) atoms. The second-order valence-electron chi connectivity index (χ2n) is 3.38. The molecule has 0 aromatic heterocycles. The van der Waals surface area contributed by atoms with Crippen molar-refractivity contribution in [3.8, 4) is 0 Å². The number of nitrogens with one attached hydrogen (secondary N) is 1. The Balaban J connectivity index is 3.02. The van der Waals surface area contributed by atoms with Crippen molar-refractivity contribution in [2.24, 2.45) is 0 Å². The summed E-state index contributed by atoms with van der Waals surface area (Å²) in [4.78, 5) is 0. The van der Waals surface area contributed by atoms with E-state index in [1.807, 2.05) is 5.32 Å². The molecule has 0 spiro atoms. The van der Waals surface area contributed by atoms with Gasteiger partial charge in [-0.2, -0.15) is 26.3 Å². The van der Waals surface area contributed by atoms with E-state index in [9.17, 15) is 26.3 Å². The summed E-state index contributed by atoms with van der Waals surface area (Å²) in [5.41, 5.74) is -1.23. The summed E-state index contributed by atoms with van der Waals surface area (Å²) in [5.74, 6) is 0. The summed E-state index contributed by atoms with van der Waals surface area (Å²) in [5, 5.41) is 2.01. The summed E-state index contributed by atoms with van der Waals surface area (Å²) in [6, 6.07) is 0.927. The molecule has 0 aliphatic rings. The highest BCUT2D eigenvalue weighted by molar-refractivity contribution is 5.27. The fourth-order valence-electron chi connectivity index (χ4n) is 1.38. The van der Waals surface area contributed by atoms with E-state index in [1.165, 1.54) is 0 Å². The van der Waals surface area contributed by atoms with Crippen molar-refractivity contribution >= 4 is 0 Å². The third-order valence-electron chi connectivity index (χ3n) is 2.19. The molecule has 0 aliphatic heterocycles. The van der Waals surface area contributed by atoms with Crippen LogP contribution in [0.4, 0.5) is 26.3 Å². The smallest absolute Gasteiger partial charge is 0.306 e. The van der Waals surface area contributed by atoms with Crippen LogP contribution in [0.3, 0.4) is 0 Å². The van der Waals surface area contributed by atoms with Crippen LogP contribution >= 0.6 is 0 Å². The standard InChI is InChI=1S/C10H9F6N/c1-17-8(10(14,15)16)6-2-4-7(5-3-6)9(11,12)13/h2-5,8,17H,1H3.